The molecule has 0 aliphatic rings. The van der Waals surface area contributed by atoms with Crippen molar-refractivity contribution in [2.24, 2.45) is 0 Å². The number of aliphatic hydroxyl groups excluding tert-OH is 1. The van der Waals surface area contributed by atoms with Crippen LogP contribution < -0.4 is 5.32 Å². The first kappa shape index (κ1) is 12.1. The van der Waals surface area contributed by atoms with E-state index in [1.807, 2.05) is 6.92 Å². The van der Waals surface area contributed by atoms with Crippen LogP contribution in [0.4, 0.5) is 8.78 Å². The van der Waals surface area contributed by atoms with Crippen LogP contribution in [-0.4, -0.2) is 18.3 Å². The molecule has 0 heterocycles. The first-order valence-electron chi connectivity index (χ1n) is 4.91. The Labute approximate surface area is 87.9 Å². The third kappa shape index (κ3) is 3.25. The van der Waals surface area contributed by atoms with Gasteiger partial charge in [-0.25, -0.2) is 8.78 Å². The average molecular weight is 215 g/mol. The number of likely N-dealkylation sites (N-methyl/N-ethyl adjacent to an activating group) is 1. The summed E-state index contributed by atoms with van der Waals surface area (Å²) in [6.07, 6.45) is -2.47. The zero-order valence-electron chi connectivity index (χ0n) is 8.58. The van der Waals surface area contributed by atoms with E-state index in [0.29, 0.717) is 12.1 Å². The van der Waals surface area contributed by atoms with Crippen molar-refractivity contribution in [3.63, 3.8) is 0 Å². The zero-order valence-corrected chi connectivity index (χ0v) is 8.58. The van der Waals surface area contributed by atoms with Crippen LogP contribution in [-0.2, 0) is 0 Å². The Morgan fingerprint density at radius 1 is 1.33 bits per heavy atom. The van der Waals surface area contributed by atoms with Gasteiger partial charge in [-0.3, -0.25) is 0 Å². The highest BCUT2D eigenvalue weighted by Crippen LogP contribution is 2.22. The molecule has 1 atom stereocenters. The predicted molar refractivity (Wildman–Crippen MR) is 54.9 cm³/mol. The molecular weight excluding hydrogens is 200 g/mol. The lowest BCUT2D eigenvalue weighted by atomic mass is 10.0. The number of halogens is 2. The average Bonchev–Trinajstić information content (AvgIpc) is 2.26. The molecule has 0 saturated carbocycles. The highest BCUT2D eigenvalue weighted by atomic mass is 19.3. The first-order valence-corrected chi connectivity index (χ1v) is 4.91. The highest BCUT2D eigenvalue weighted by Gasteiger charge is 2.12. The van der Waals surface area contributed by atoms with Crippen LogP contribution in [0.2, 0.25) is 0 Å². The maximum absolute atomic E-state index is 12.4. The van der Waals surface area contributed by atoms with E-state index < -0.39 is 6.43 Å². The lowest BCUT2D eigenvalue weighted by Crippen LogP contribution is -2.24. The van der Waals surface area contributed by atoms with Gasteiger partial charge in [-0.05, 0) is 18.2 Å². The Hall–Kier alpha value is -1.00. The molecule has 0 aromatic heterocycles. The minimum Gasteiger partial charge on any atom is -0.394 e. The standard InChI is InChI=1S/C11H15F2NO/c1-2-14-10(7-15)8-4-3-5-9(6-8)11(12)13/h3-6,10-11,14-15H,2,7H2,1H3. The molecule has 84 valence electrons. The van der Waals surface area contributed by atoms with Gasteiger partial charge in [0.25, 0.3) is 6.43 Å². The van der Waals surface area contributed by atoms with Gasteiger partial charge in [0.05, 0.1) is 12.6 Å². The number of hydrogen-bond donors (Lipinski definition) is 2. The maximum Gasteiger partial charge on any atom is 0.263 e. The van der Waals surface area contributed by atoms with Gasteiger partial charge >= 0.3 is 0 Å². The van der Waals surface area contributed by atoms with E-state index in [1.165, 1.54) is 12.1 Å². The molecule has 0 spiro atoms. The normalized spacial score (nSPS) is 13.1. The summed E-state index contributed by atoms with van der Waals surface area (Å²) in [4.78, 5) is 0. The Bertz CT molecular complexity index is 304. The molecule has 0 aliphatic heterocycles. The van der Waals surface area contributed by atoms with Crippen molar-refractivity contribution in [1.29, 1.82) is 0 Å². The molecule has 0 radical (unpaired) electrons. The highest BCUT2D eigenvalue weighted by molar-refractivity contribution is 5.26. The number of nitrogens with one attached hydrogen (secondary N) is 1. The van der Waals surface area contributed by atoms with Crippen molar-refractivity contribution in [3.05, 3.63) is 35.4 Å². The lowest BCUT2D eigenvalue weighted by molar-refractivity contribution is 0.151. The largest absolute Gasteiger partial charge is 0.394 e. The van der Waals surface area contributed by atoms with E-state index in [1.54, 1.807) is 12.1 Å². The quantitative estimate of drug-likeness (QED) is 0.789. The van der Waals surface area contributed by atoms with E-state index in [-0.39, 0.29) is 18.2 Å². The Balaban J connectivity index is 2.87. The third-order valence-corrected chi connectivity index (χ3v) is 2.20. The van der Waals surface area contributed by atoms with E-state index in [2.05, 4.69) is 5.32 Å². The van der Waals surface area contributed by atoms with Crippen molar-refractivity contribution < 1.29 is 13.9 Å². The summed E-state index contributed by atoms with van der Waals surface area (Å²) >= 11 is 0. The predicted octanol–water partition coefficient (Wildman–Crippen LogP) is 2.27. The van der Waals surface area contributed by atoms with Gasteiger partial charge in [-0.15, -0.1) is 0 Å². The van der Waals surface area contributed by atoms with Crippen LogP contribution in [0, 0.1) is 0 Å². The molecule has 1 unspecified atom stereocenters. The second-order valence-corrected chi connectivity index (χ2v) is 3.26. The summed E-state index contributed by atoms with van der Waals surface area (Å²) in [5.41, 5.74) is 0.681. The Kier molecular flexibility index (Phi) is 4.65. The van der Waals surface area contributed by atoms with Crippen LogP contribution in [0.5, 0.6) is 0 Å². The van der Waals surface area contributed by atoms with Gasteiger partial charge in [0, 0.05) is 5.56 Å². The van der Waals surface area contributed by atoms with Crippen molar-refractivity contribution in [1.82, 2.24) is 5.32 Å². The minimum absolute atomic E-state index is 0.0103. The second kappa shape index (κ2) is 5.78. The van der Waals surface area contributed by atoms with Crippen LogP contribution in [0.1, 0.15) is 30.5 Å². The molecule has 15 heavy (non-hydrogen) atoms. The smallest absolute Gasteiger partial charge is 0.263 e. The summed E-state index contributed by atoms with van der Waals surface area (Å²) in [7, 11) is 0. The van der Waals surface area contributed by atoms with E-state index in [0.717, 1.165) is 0 Å². The van der Waals surface area contributed by atoms with Gasteiger partial charge in [0.2, 0.25) is 0 Å². The third-order valence-electron chi connectivity index (χ3n) is 2.20. The van der Waals surface area contributed by atoms with Crippen LogP contribution in [0.25, 0.3) is 0 Å². The van der Waals surface area contributed by atoms with E-state index >= 15 is 0 Å². The van der Waals surface area contributed by atoms with Crippen molar-refractivity contribution in [2.75, 3.05) is 13.2 Å². The van der Waals surface area contributed by atoms with Gasteiger partial charge in [0.1, 0.15) is 0 Å². The van der Waals surface area contributed by atoms with Crippen molar-refractivity contribution in [2.45, 2.75) is 19.4 Å². The topological polar surface area (TPSA) is 32.3 Å². The molecule has 2 nitrogen and oxygen atoms in total. The molecule has 0 aliphatic carbocycles. The molecule has 1 aromatic carbocycles. The van der Waals surface area contributed by atoms with Gasteiger partial charge in [0.15, 0.2) is 0 Å². The molecular formula is C11H15F2NO. The first-order chi connectivity index (χ1) is 7.19. The summed E-state index contributed by atoms with van der Waals surface area (Å²) in [5.74, 6) is 0. The number of hydrogen-bond acceptors (Lipinski definition) is 2. The summed E-state index contributed by atoms with van der Waals surface area (Å²) < 4.78 is 24.8. The molecule has 4 heteroatoms. The van der Waals surface area contributed by atoms with Crippen LogP contribution in [0.15, 0.2) is 24.3 Å². The van der Waals surface area contributed by atoms with E-state index in [4.69, 9.17) is 5.11 Å². The lowest BCUT2D eigenvalue weighted by Gasteiger charge is -2.16. The monoisotopic (exact) mass is 215 g/mol. The molecule has 0 saturated heterocycles. The Morgan fingerprint density at radius 3 is 2.53 bits per heavy atom. The van der Waals surface area contributed by atoms with Crippen molar-refractivity contribution in [3.8, 4) is 0 Å². The molecule has 1 rings (SSSR count). The summed E-state index contributed by atoms with van der Waals surface area (Å²) in [6, 6.07) is 5.85. The molecule has 0 bridgehead atoms. The number of aliphatic hydroxyl groups is 1. The fraction of sp³-hybridized carbons (Fsp3) is 0.455. The summed E-state index contributed by atoms with van der Waals surface area (Å²) in [6.45, 7) is 2.49. The molecule has 0 fully saturated rings. The fourth-order valence-electron chi connectivity index (χ4n) is 1.45. The molecule has 1 aromatic rings. The molecule has 2 N–H and O–H groups in total. The van der Waals surface area contributed by atoms with Crippen LogP contribution >= 0.6 is 0 Å². The minimum atomic E-state index is -2.47. The second-order valence-electron chi connectivity index (χ2n) is 3.26. The fourth-order valence-corrected chi connectivity index (χ4v) is 1.45. The zero-order chi connectivity index (χ0) is 11.3. The Morgan fingerprint density at radius 2 is 2.00 bits per heavy atom. The SMILES string of the molecule is CCNC(CO)c1cccc(C(F)F)c1. The number of rotatable bonds is 5. The maximum atomic E-state index is 12.4. The van der Waals surface area contributed by atoms with Crippen molar-refractivity contribution >= 4 is 0 Å². The van der Waals surface area contributed by atoms with Gasteiger partial charge in [-0.1, -0.05) is 25.1 Å². The van der Waals surface area contributed by atoms with E-state index in [9.17, 15) is 8.78 Å². The number of alkyl halides is 2. The molecule has 0 amide bonds. The van der Waals surface area contributed by atoms with Crippen LogP contribution in [0.3, 0.4) is 0 Å². The van der Waals surface area contributed by atoms with Gasteiger partial charge in [-0.2, -0.15) is 0 Å². The number of benzene rings is 1. The summed E-state index contributed by atoms with van der Waals surface area (Å²) in [5, 5.41) is 12.1. The van der Waals surface area contributed by atoms with Gasteiger partial charge < -0.3 is 10.4 Å².